The molecule has 0 amide bonds. The van der Waals surface area contributed by atoms with Gasteiger partial charge < -0.3 is 16.0 Å². The van der Waals surface area contributed by atoms with Crippen molar-refractivity contribution in [3.8, 4) is 5.69 Å². The number of rotatable bonds is 6. The number of nitrogens with two attached hydrogens (primary N) is 2. The number of benzene rings is 6. The van der Waals surface area contributed by atoms with E-state index in [1.54, 1.807) is 0 Å². The minimum atomic E-state index is -0.514. The van der Waals surface area contributed by atoms with Crippen LogP contribution in [0.3, 0.4) is 0 Å². The van der Waals surface area contributed by atoms with Crippen molar-refractivity contribution in [3.63, 3.8) is 0 Å². The molecule has 0 aliphatic rings. The third-order valence-electron chi connectivity index (χ3n) is 8.46. The normalized spacial score (nSPS) is 13.6. The average Bonchev–Trinajstić information content (AvgIpc) is 3.61. The number of nitrogens with zero attached hydrogens (tertiary/aromatic N) is 2. The molecule has 0 fully saturated rings. The Kier molecular flexibility index (Phi) is 6.57. The number of hydrogen-bond donors (Lipinski definition) is 2. The van der Waals surface area contributed by atoms with E-state index in [9.17, 15) is 0 Å². The molecule has 0 saturated carbocycles. The molecule has 0 bridgehead atoms. The Labute approximate surface area is 259 Å². The first-order valence-corrected chi connectivity index (χ1v) is 15.6. The van der Waals surface area contributed by atoms with Crippen LogP contribution >= 0.6 is 11.3 Å². The zero-order valence-corrected chi connectivity index (χ0v) is 24.8. The smallest absolute Gasteiger partial charge is 0.123 e. The van der Waals surface area contributed by atoms with E-state index in [0.29, 0.717) is 0 Å². The van der Waals surface area contributed by atoms with Crippen molar-refractivity contribution in [2.75, 3.05) is 0 Å². The van der Waals surface area contributed by atoms with Crippen LogP contribution in [0.5, 0.6) is 0 Å². The van der Waals surface area contributed by atoms with Crippen molar-refractivity contribution in [2.45, 2.75) is 12.2 Å². The monoisotopic (exact) mass is 586 g/mol. The SMILES string of the molecule is NC(/N=C(/c1ccccc1)[C@H](N)c1ccc(-n2c3ccccc3c3cc4sc5ccccc5c4cc32)cc1)c1ccccc1. The molecular weight excluding hydrogens is 557 g/mol. The molecule has 0 spiro atoms. The van der Waals surface area contributed by atoms with E-state index in [-0.39, 0.29) is 0 Å². The highest BCUT2D eigenvalue weighted by atomic mass is 32.1. The number of fused-ring (bicyclic) bond motifs is 6. The molecule has 4 nitrogen and oxygen atoms in total. The average molecular weight is 587 g/mol. The Balaban J connectivity index is 1.24. The van der Waals surface area contributed by atoms with Crippen LogP contribution in [0.4, 0.5) is 0 Å². The minimum absolute atomic E-state index is 0.448. The van der Waals surface area contributed by atoms with Crippen molar-refractivity contribution >= 4 is 59.0 Å². The fourth-order valence-electron chi connectivity index (χ4n) is 6.27. The van der Waals surface area contributed by atoms with E-state index < -0.39 is 12.2 Å². The van der Waals surface area contributed by atoms with E-state index in [0.717, 1.165) is 28.1 Å². The second-order valence-electron chi connectivity index (χ2n) is 11.1. The molecule has 2 aromatic heterocycles. The number of aromatic nitrogens is 1. The van der Waals surface area contributed by atoms with Crippen LogP contribution < -0.4 is 11.5 Å². The molecule has 5 heteroatoms. The lowest BCUT2D eigenvalue weighted by molar-refractivity contribution is 0.763. The zero-order chi connectivity index (χ0) is 29.6. The summed E-state index contributed by atoms with van der Waals surface area (Å²) in [7, 11) is 0. The predicted octanol–water partition coefficient (Wildman–Crippen LogP) is 9.30. The van der Waals surface area contributed by atoms with Gasteiger partial charge in [-0.1, -0.05) is 109 Å². The third-order valence-corrected chi connectivity index (χ3v) is 9.60. The molecule has 2 heterocycles. The minimum Gasteiger partial charge on any atom is -0.319 e. The number of thiophene rings is 1. The lowest BCUT2D eigenvalue weighted by Gasteiger charge is -2.19. The van der Waals surface area contributed by atoms with E-state index in [2.05, 4.69) is 89.5 Å². The summed E-state index contributed by atoms with van der Waals surface area (Å²) in [6.45, 7) is 0. The lowest BCUT2D eigenvalue weighted by atomic mass is 9.96. The molecule has 212 valence electrons. The summed E-state index contributed by atoms with van der Waals surface area (Å²) >= 11 is 1.86. The quantitative estimate of drug-likeness (QED) is 0.191. The van der Waals surface area contributed by atoms with Crippen LogP contribution in [0.15, 0.2) is 151 Å². The second kappa shape index (κ2) is 10.9. The summed E-state index contributed by atoms with van der Waals surface area (Å²) in [5.74, 6) is 0. The third kappa shape index (κ3) is 4.50. The van der Waals surface area contributed by atoms with Crippen LogP contribution in [0.1, 0.15) is 28.9 Å². The molecule has 0 saturated heterocycles. The van der Waals surface area contributed by atoms with Crippen LogP contribution in [-0.4, -0.2) is 10.3 Å². The van der Waals surface area contributed by atoms with Gasteiger partial charge in [-0.3, -0.25) is 4.99 Å². The summed E-state index contributed by atoms with van der Waals surface area (Å²) in [6.07, 6.45) is -0.514. The summed E-state index contributed by atoms with van der Waals surface area (Å²) in [5, 5.41) is 5.10. The predicted molar refractivity (Wildman–Crippen MR) is 187 cm³/mol. The lowest BCUT2D eigenvalue weighted by Crippen LogP contribution is -2.25. The maximum Gasteiger partial charge on any atom is 0.123 e. The van der Waals surface area contributed by atoms with Gasteiger partial charge in [0, 0.05) is 36.6 Å². The number of aliphatic imine (C=N–C) groups is 1. The Bertz CT molecular complexity index is 2300. The van der Waals surface area contributed by atoms with Gasteiger partial charge in [0.15, 0.2) is 0 Å². The summed E-state index contributed by atoms with van der Waals surface area (Å²) in [4.78, 5) is 4.96. The van der Waals surface area contributed by atoms with Crippen molar-refractivity contribution < 1.29 is 0 Å². The van der Waals surface area contributed by atoms with Gasteiger partial charge in [0.2, 0.25) is 0 Å². The van der Waals surface area contributed by atoms with E-state index in [1.807, 2.05) is 72.0 Å². The van der Waals surface area contributed by atoms with Crippen molar-refractivity contribution in [2.24, 2.45) is 16.5 Å². The van der Waals surface area contributed by atoms with Gasteiger partial charge in [-0.15, -0.1) is 11.3 Å². The van der Waals surface area contributed by atoms with E-state index in [4.69, 9.17) is 16.5 Å². The van der Waals surface area contributed by atoms with Gasteiger partial charge in [-0.05, 0) is 53.1 Å². The summed E-state index contributed by atoms with van der Waals surface area (Å²) < 4.78 is 4.99. The highest BCUT2D eigenvalue weighted by Gasteiger charge is 2.19. The van der Waals surface area contributed by atoms with E-state index in [1.165, 1.54) is 42.0 Å². The molecular formula is C39H30N4S. The fourth-order valence-corrected chi connectivity index (χ4v) is 7.40. The molecule has 6 aromatic carbocycles. The van der Waals surface area contributed by atoms with Crippen LogP contribution in [0, 0.1) is 0 Å². The first kappa shape index (κ1) is 26.5. The van der Waals surface area contributed by atoms with E-state index >= 15 is 0 Å². The first-order chi connectivity index (χ1) is 21.7. The number of hydrogen-bond acceptors (Lipinski definition) is 4. The van der Waals surface area contributed by atoms with Crippen LogP contribution in [-0.2, 0) is 0 Å². The van der Waals surface area contributed by atoms with Crippen LogP contribution in [0.25, 0.3) is 47.7 Å². The highest BCUT2D eigenvalue weighted by Crippen LogP contribution is 2.40. The maximum atomic E-state index is 6.96. The zero-order valence-electron chi connectivity index (χ0n) is 24.0. The van der Waals surface area contributed by atoms with Crippen molar-refractivity contribution in [1.29, 1.82) is 0 Å². The number of para-hydroxylation sites is 1. The second-order valence-corrected chi connectivity index (χ2v) is 12.2. The topological polar surface area (TPSA) is 69.3 Å². The standard InChI is InChI=1S/C39H30N4S/c40-37(38(26-11-3-1-4-12-26)42-39(41)27-13-5-2-6-14-27)25-19-21-28(22-20-25)43-33-17-9-7-15-29(33)31-24-36-32(23-34(31)43)30-16-8-10-18-35(30)44-36/h1-24,37,39H,40-41H2/b42-38-/t37-,39?/m1/s1. The molecule has 0 radical (unpaired) electrons. The Hall–Kier alpha value is -5.07. The van der Waals surface area contributed by atoms with Crippen molar-refractivity contribution in [1.82, 2.24) is 4.57 Å². The largest absolute Gasteiger partial charge is 0.319 e. The Morgan fingerprint density at radius 2 is 1.20 bits per heavy atom. The summed E-state index contributed by atoms with van der Waals surface area (Å²) in [6, 6.07) is 50.1. The molecule has 44 heavy (non-hydrogen) atoms. The molecule has 1 unspecified atom stereocenters. The molecule has 8 aromatic rings. The molecule has 0 aliphatic carbocycles. The van der Waals surface area contributed by atoms with Gasteiger partial charge in [-0.2, -0.15) is 0 Å². The van der Waals surface area contributed by atoms with Gasteiger partial charge in [0.05, 0.1) is 22.8 Å². The Morgan fingerprint density at radius 1 is 0.545 bits per heavy atom. The first-order valence-electron chi connectivity index (χ1n) is 14.8. The van der Waals surface area contributed by atoms with Gasteiger partial charge in [-0.25, -0.2) is 0 Å². The van der Waals surface area contributed by atoms with Crippen molar-refractivity contribution in [3.05, 3.63) is 162 Å². The fraction of sp³-hybridized carbons (Fsp3) is 0.0513. The molecule has 4 N–H and O–H groups in total. The Morgan fingerprint density at radius 3 is 1.98 bits per heavy atom. The molecule has 0 aliphatic heterocycles. The molecule has 8 rings (SSSR count). The summed E-state index contributed by atoms with van der Waals surface area (Å²) in [5.41, 5.74) is 20.6. The maximum absolute atomic E-state index is 6.96. The van der Waals surface area contributed by atoms with Crippen LogP contribution in [0.2, 0.25) is 0 Å². The van der Waals surface area contributed by atoms with Gasteiger partial charge in [0.25, 0.3) is 0 Å². The van der Waals surface area contributed by atoms with Gasteiger partial charge >= 0.3 is 0 Å². The highest BCUT2D eigenvalue weighted by molar-refractivity contribution is 7.25. The van der Waals surface area contributed by atoms with Gasteiger partial charge in [0.1, 0.15) is 6.17 Å². The molecule has 2 atom stereocenters.